The van der Waals surface area contributed by atoms with Gasteiger partial charge < -0.3 is 15.6 Å². The zero-order valence-corrected chi connectivity index (χ0v) is 13.6. The largest absolute Gasteiger partial charge is 0.358 e. The molecule has 0 saturated carbocycles. The maximum atomic E-state index is 13.4. The number of benzene rings is 1. The highest BCUT2D eigenvalue weighted by molar-refractivity contribution is 5.90. The van der Waals surface area contributed by atoms with Crippen LogP contribution in [0.2, 0.25) is 0 Å². The van der Waals surface area contributed by atoms with E-state index in [2.05, 4.69) is 15.6 Å². The molecule has 0 aliphatic heterocycles. The van der Waals surface area contributed by atoms with Crippen LogP contribution < -0.4 is 10.6 Å². The summed E-state index contributed by atoms with van der Waals surface area (Å²) < 4.78 is 13.4. The number of fused-ring (bicyclic) bond motifs is 1. The molecule has 2 aromatic rings. The number of halogens is 1. The van der Waals surface area contributed by atoms with Crippen LogP contribution in [0.5, 0.6) is 0 Å². The zero-order valence-electron chi connectivity index (χ0n) is 13.6. The quantitative estimate of drug-likeness (QED) is 0.763. The summed E-state index contributed by atoms with van der Waals surface area (Å²) in [6, 6.07) is 4.56. The summed E-state index contributed by atoms with van der Waals surface area (Å²) in [5.74, 6) is -0.607. The summed E-state index contributed by atoms with van der Waals surface area (Å²) in [4.78, 5) is 26.7. The molecule has 0 aliphatic carbocycles. The van der Waals surface area contributed by atoms with Gasteiger partial charge in [-0.05, 0) is 44.5 Å². The highest BCUT2D eigenvalue weighted by atomic mass is 19.1. The number of H-pyrrole nitrogens is 1. The van der Waals surface area contributed by atoms with Crippen LogP contribution in [-0.2, 0) is 16.0 Å². The first-order chi connectivity index (χ1) is 10.9. The topological polar surface area (TPSA) is 74.0 Å². The Morgan fingerprint density at radius 2 is 2.00 bits per heavy atom. The van der Waals surface area contributed by atoms with Gasteiger partial charge in [0.25, 0.3) is 0 Å². The SMILES string of the molecule is Cc1[nH]c2ccc(F)cc2c1CC(=O)NCCC(=O)NC(C)C. The van der Waals surface area contributed by atoms with Crippen molar-refractivity contribution in [3.8, 4) is 0 Å². The number of nitrogens with one attached hydrogen (secondary N) is 3. The lowest BCUT2D eigenvalue weighted by atomic mass is 10.1. The van der Waals surface area contributed by atoms with E-state index in [4.69, 9.17) is 0 Å². The van der Waals surface area contributed by atoms with Crippen LogP contribution in [0.15, 0.2) is 18.2 Å². The summed E-state index contributed by atoms with van der Waals surface area (Å²) in [6.07, 6.45) is 0.395. The number of hydrogen-bond acceptors (Lipinski definition) is 2. The molecule has 124 valence electrons. The Balaban J connectivity index is 1.94. The van der Waals surface area contributed by atoms with E-state index in [1.807, 2.05) is 20.8 Å². The lowest BCUT2D eigenvalue weighted by Crippen LogP contribution is -2.34. The average molecular weight is 319 g/mol. The van der Waals surface area contributed by atoms with Crippen LogP contribution in [0, 0.1) is 12.7 Å². The molecule has 23 heavy (non-hydrogen) atoms. The normalized spacial score (nSPS) is 11.0. The standard InChI is InChI=1S/C17H22FN3O2/c1-10(2)20-16(22)6-7-19-17(23)9-13-11(3)21-15-5-4-12(18)8-14(13)15/h4-5,8,10,21H,6-7,9H2,1-3H3,(H,19,23)(H,20,22). The van der Waals surface area contributed by atoms with Crippen LogP contribution in [0.25, 0.3) is 10.9 Å². The van der Waals surface area contributed by atoms with Gasteiger partial charge in [0.05, 0.1) is 6.42 Å². The number of carbonyl (C=O) groups excluding carboxylic acids is 2. The van der Waals surface area contributed by atoms with Crippen LogP contribution in [-0.4, -0.2) is 29.4 Å². The highest BCUT2D eigenvalue weighted by Gasteiger charge is 2.13. The summed E-state index contributed by atoms with van der Waals surface area (Å²) in [7, 11) is 0. The molecule has 1 aromatic heterocycles. The second kappa shape index (κ2) is 7.26. The molecule has 2 amide bonds. The molecule has 1 heterocycles. The summed E-state index contributed by atoms with van der Waals surface area (Å²) in [5.41, 5.74) is 2.44. The molecule has 0 atom stereocenters. The molecule has 0 saturated heterocycles. The minimum absolute atomic E-state index is 0.0852. The molecule has 0 aliphatic rings. The molecular formula is C17H22FN3O2. The second-order valence-electron chi connectivity index (χ2n) is 5.92. The molecule has 0 bridgehead atoms. The Morgan fingerprint density at radius 1 is 1.26 bits per heavy atom. The van der Waals surface area contributed by atoms with E-state index >= 15 is 0 Å². The number of hydrogen-bond donors (Lipinski definition) is 3. The van der Waals surface area contributed by atoms with Crippen LogP contribution in [0.1, 0.15) is 31.5 Å². The van der Waals surface area contributed by atoms with Gasteiger partial charge in [-0.3, -0.25) is 9.59 Å². The molecule has 2 rings (SSSR count). The fraction of sp³-hybridized carbons (Fsp3) is 0.412. The van der Waals surface area contributed by atoms with Gasteiger partial charge in [-0.15, -0.1) is 0 Å². The van der Waals surface area contributed by atoms with Crippen molar-refractivity contribution in [2.45, 2.75) is 39.7 Å². The van der Waals surface area contributed by atoms with Crippen LogP contribution in [0.3, 0.4) is 0 Å². The summed E-state index contributed by atoms with van der Waals surface area (Å²) >= 11 is 0. The average Bonchev–Trinajstić information content (AvgIpc) is 2.74. The van der Waals surface area contributed by atoms with Gasteiger partial charge >= 0.3 is 0 Å². The Bertz CT molecular complexity index is 722. The number of rotatable bonds is 6. The van der Waals surface area contributed by atoms with E-state index in [-0.39, 0.29) is 43.1 Å². The lowest BCUT2D eigenvalue weighted by Gasteiger charge is -2.09. The van der Waals surface area contributed by atoms with Gasteiger partial charge in [0.1, 0.15) is 5.82 Å². The maximum absolute atomic E-state index is 13.4. The maximum Gasteiger partial charge on any atom is 0.224 e. The van der Waals surface area contributed by atoms with Gasteiger partial charge in [0, 0.05) is 35.6 Å². The van der Waals surface area contributed by atoms with Crippen molar-refractivity contribution in [1.82, 2.24) is 15.6 Å². The predicted octanol–water partition coefficient (Wildman–Crippen LogP) is 2.19. The van der Waals surface area contributed by atoms with Crippen molar-refractivity contribution in [2.24, 2.45) is 0 Å². The van der Waals surface area contributed by atoms with E-state index < -0.39 is 0 Å². The first kappa shape index (κ1) is 17.0. The number of amides is 2. The van der Waals surface area contributed by atoms with Gasteiger partial charge in [-0.2, -0.15) is 0 Å². The van der Waals surface area contributed by atoms with Crippen LogP contribution >= 0.6 is 0 Å². The van der Waals surface area contributed by atoms with Gasteiger partial charge in [0.2, 0.25) is 11.8 Å². The first-order valence-electron chi connectivity index (χ1n) is 7.69. The summed E-state index contributed by atoms with van der Waals surface area (Å²) in [5, 5.41) is 6.21. The van der Waals surface area contributed by atoms with Crippen molar-refractivity contribution in [3.05, 3.63) is 35.3 Å². The Labute approximate surface area is 134 Å². The molecule has 0 radical (unpaired) electrons. The van der Waals surface area contributed by atoms with Gasteiger partial charge in [0.15, 0.2) is 0 Å². The lowest BCUT2D eigenvalue weighted by molar-refractivity contribution is -0.122. The molecule has 1 aromatic carbocycles. The Hall–Kier alpha value is -2.37. The molecule has 5 nitrogen and oxygen atoms in total. The first-order valence-corrected chi connectivity index (χ1v) is 7.69. The second-order valence-corrected chi connectivity index (χ2v) is 5.92. The fourth-order valence-corrected chi connectivity index (χ4v) is 2.52. The number of aromatic amines is 1. The van der Waals surface area contributed by atoms with Crippen molar-refractivity contribution in [2.75, 3.05) is 6.54 Å². The fourth-order valence-electron chi connectivity index (χ4n) is 2.52. The third-order valence-corrected chi connectivity index (χ3v) is 3.54. The third-order valence-electron chi connectivity index (χ3n) is 3.54. The van der Waals surface area contributed by atoms with Crippen molar-refractivity contribution in [3.63, 3.8) is 0 Å². The zero-order chi connectivity index (χ0) is 17.0. The van der Waals surface area contributed by atoms with Crippen LogP contribution in [0.4, 0.5) is 4.39 Å². The molecular weight excluding hydrogens is 297 g/mol. The minimum Gasteiger partial charge on any atom is -0.358 e. The van der Waals surface area contributed by atoms with Crippen molar-refractivity contribution >= 4 is 22.7 Å². The van der Waals surface area contributed by atoms with E-state index in [0.29, 0.717) is 0 Å². The van der Waals surface area contributed by atoms with Gasteiger partial charge in [-0.1, -0.05) is 0 Å². The van der Waals surface area contributed by atoms with E-state index in [1.54, 1.807) is 6.07 Å². The summed E-state index contributed by atoms with van der Waals surface area (Å²) in [6.45, 7) is 5.91. The van der Waals surface area contributed by atoms with Crippen molar-refractivity contribution < 1.29 is 14.0 Å². The minimum atomic E-state index is -0.330. The molecule has 0 unspecified atom stereocenters. The molecule has 3 N–H and O–H groups in total. The number of aryl methyl sites for hydroxylation is 1. The van der Waals surface area contributed by atoms with E-state index in [9.17, 15) is 14.0 Å². The molecule has 0 fully saturated rings. The monoisotopic (exact) mass is 319 g/mol. The van der Waals surface area contributed by atoms with E-state index in [1.165, 1.54) is 12.1 Å². The third kappa shape index (κ3) is 4.55. The number of aromatic nitrogens is 1. The highest BCUT2D eigenvalue weighted by Crippen LogP contribution is 2.23. The van der Waals surface area contributed by atoms with E-state index in [0.717, 1.165) is 22.2 Å². The number of carbonyl (C=O) groups is 2. The van der Waals surface area contributed by atoms with Crippen molar-refractivity contribution in [1.29, 1.82) is 0 Å². The molecule has 0 spiro atoms. The Kier molecular flexibility index (Phi) is 5.36. The smallest absolute Gasteiger partial charge is 0.224 e. The van der Waals surface area contributed by atoms with Gasteiger partial charge in [-0.25, -0.2) is 4.39 Å². The predicted molar refractivity (Wildman–Crippen MR) is 87.6 cm³/mol. The molecule has 6 heteroatoms. The Morgan fingerprint density at radius 3 is 2.70 bits per heavy atom.